The molecule has 1 aromatic rings. The third-order valence-electron chi connectivity index (χ3n) is 2.77. The molecule has 18 heavy (non-hydrogen) atoms. The smallest absolute Gasteiger partial charge is 0.241 e. The first-order chi connectivity index (χ1) is 8.56. The standard InChI is InChI=1S/C14H22N2O2/c1-5-10(2)18-13-8-6-7-12(9-13)16-11(3)14(17)15-4/h6-11,16H,5H2,1-4H3,(H,15,17). The summed E-state index contributed by atoms with van der Waals surface area (Å²) in [4.78, 5) is 11.4. The zero-order chi connectivity index (χ0) is 13.5. The maximum Gasteiger partial charge on any atom is 0.241 e. The van der Waals surface area contributed by atoms with Crippen LogP contribution >= 0.6 is 0 Å². The quantitative estimate of drug-likeness (QED) is 0.815. The molecule has 1 aromatic carbocycles. The maximum atomic E-state index is 11.4. The van der Waals surface area contributed by atoms with Gasteiger partial charge in [0, 0.05) is 18.8 Å². The summed E-state index contributed by atoms with van der Waals surface area (Å²) < 4.78 is 5.73. The van der Waals surface area contributed by atoms with Gasteiger partial charge in [-0.05, 0) is 32.4 Å². The summed E-state index contributed by atoms with van der Waals surface area (Å²) in [5.74, 6) is 0.779. The Morgan fingerprint density at radius 1 is 1.39 bits per heavy atom. The van der Waals surface area contributed by atoms with E-state index in [2.05, 4.69) is 17.6 Å². The largest absolute Gasteiger partial charge is 0.491 e. The normalized spacial score (nSPS) is 13.6. The van der Waals surface area contributed by atoms with Crippen molar-refractivity contribution in [1.82, 2.24) is 5.32 Å². The lowest BCUT2D eigenvalue weighted by Gasteiger charge is -2.16. The second kappa shape index (κ2) is 6.89. The molecule has 0 saturated heterocycles. The first-order valence-corrected chi connectivity index (χ1v) is 6.31. The Labute approximate surface area is 109 Å². The van der Waals surface area contributed by atoms with Gasteiger partial charge in [0.2, 0.25) is 5.91 Å². The Morgan fingerprint density at radius 2 is 2.11 bits per heavy atom. The van der Waals surface area contributed by atoms with E-state index in [0.29, 0.717) is 0 Å². The molecule has 0 fully saturated rings. The lowest BCUT2D eigenvalue weighted by molar-refractivity contribution is -0.121. The number of likely N-dealkylation sites (N-methyl/N-ethyl adjacent to an activating group) is 1. The van der Waals surface area contributed by atoms with Gasteiger partial charge in [0.15, 0.2) is 0 Å². The number of amides is 1. The zero-order valence-corrected chi connectivity index (χ0v) is 11.5. The molecule has 0 aliphatic heterocycles. The lowest BCUT2D eigenvalue weighted by Crippen LogP contribution is -2.35. The minimum absolute atomic E-state index is 0.0387. The summed E-state index contributed by atoms with van der Waals surface area (Å²) in [6, 6.07) is 7.39. The predicted octanol–water partition coefficient (Wildman–Crippen LogP) is 2.41. The van der Waals surface area contributed by atoms with E-state index < -0.39 is 0 Å². The topological polar surface area (TPSA) is 50.4 Å². The van der Waals surface area contributed by atoms with Crippen molar-refractivity contribution in [3.8, 4) is 5.75 Å². The van der Waals surface area contributed by atoms with Crippen molar-refractivity contribution in [2.24, 2.45) is 0 Å². The van der Waals surface area contributed by atoms with Crippen LogP contribution in [0, 0.1) is 0 Å². The Balaban J connectivity index is 2.67. The maximum absolute atomic E-state index is 11.4. The summed E-state index contributed by atoms with van der Waals surface area (Å²) in [7, 11) is 1.63. The molecular formula is C14H22N2O2. The van der Waals surface area contributed by atoms with E-state index >= 15 is 0 Å². The Kier molecular flexibility index (Phi) is 5.49. The van der Waals surface area contributed by atoms with E-state index in [1.165, 1.54) is 0 Å². The summed E-state index contributed by atoms with van der Waals surface area (Å²) in [5.41, 5.74) is 0.881. The lowest BCUT2D eigenvalue weighted by atomic mass is 10.2. The molecule has 0 aliphatic carbocycles. The molecule has 1 rings (SSSR count). The zero-order valence-electron chi connectivity index (χ0n) is 11.5. The van der Waals surface area contributed by atoms with Crippen LogP contribution in [0.4, 0.5) is 5.69 Å². The fourth-order valence-electron chi connectivity index (χ4n) is 1.51. The highest BCUT2D eigenvalue weighted by Gasteiger charge is 2.10. The van der Waals surface area contributed by atoms with Gasteiger partial charge in [-0.1, -0.05) is 13.0 Å². The number of carbonyl (C=O) groups excluding carboxylic acids is 1. The minimum Gasteiger partial charge on any atom is -0.491 e. The van der Waals surface area contributed by atoms with Gasteiger partial charge in [0.25, 0.3) is 0 Å². The van der Waals surface area contributed by atoms with Crippen LogP contribution in [-0.4, -0.2) is 25.1 Å². The third kappa shape index (κ3) is 4.28. The number of benzene rings is 1. The van der Waals surface area contributed by atoms with Gasteiger partial charge < -0.3 is 15.4 Å². The third-order valence-corrected chi connectivity index (χ3v) is 2.77. The van der Waals surface area contributed by atoms with Gasteiger partial charge in [0.1, 0.15) is 11.8 Å². The molecule has 0 spiro atoms. The van der Waals surface area contributed by atoms with Gasteiger partial charge in [-0.2, -0.15) is 0 Å². The SMILES string of the molecule is CCC(C)Oc1cccc(NC(C)C(=O)NC)c1. The summed E-state index contributed by atoms with van der Waals surface area (Å²) in [5, 5.41) is 5.74. The van der Waals surface area contributed by atoms with Crippen LogP contribution in [0.15, 0.2) is 24.3 Å². The second-order valence-electron chi connectivity index (χ2n) is 4.34. The van der Waals surface area contributed by atoms with Crippen LogP contribution in [0.3, 0.4) is 0 Å². The van der Waals surface area contributed by atoms with E-state index in [-0.39, 0.29) is 18.1 Å². The molecule has 0 bridgehead atoms. The Hall–Kier alpha value is -1.71. The fraction of sp³-hybridized carbons (Fsp3) is 0.500. The fourth-order valence-corrected chi connectivity index (χ4v) is 1.51. The molecule has 0 heterocycles. The van der Waals surface area contributed by atoms with Crippen molar-refractivity contribution in [3.63, 3.8) is 0 Å². The molecule has 4 nitrogen and oxygen atoms in total. The van der Waals surface area contributed by atoms with Crippen LogP contribution in [-0.2, 0) is 4.79 Å². The Bertz CT molecular complexity index is 393. The molecule has 0 radical (unpaired) electrons. The molecule has 0 saturated carbocycles. The van der Waals surface area contributed by atoms with E-state index in [9.17, 15) is 4.79 Å². The van der Waals surface area contributed by atoms with Crippen molar-refractivity contribution in [2.75, 3.05) is 12.4 Å². The van der Waals surface area contributed by atoms with Crippen molar-refractivity contribution in [2.45, 2.75) is 39.3 Å². The van der Waals surface area contributed by atoms with Gasteiger partial charge in [0.05, 0.1) is 6.10 Å². The molecule has 1 amide bonds. The van der Waals surface area contributed by atoms with Crippen LogP contribution < -0.4 is 15.4 Å². The summed E-state index contributed by atoms with van der Waals surface area (Å²) in [6.45, 7) is 5.94. The van der Waals surface area contributed by atoms with E-state index in [0.717, 1.165) is 17.9 Å². The minimum atomic E-state index is -0.270. The monoisotopic (exact) mass is 250 g/mol. The summed E-state index contributed by atoms with van der Waals surface area (Å²) >= 11 is 0. The summed E-state index contributed by atoms with van der Waals surface area (Å²) in [6.07, 6.45) is 1.16. The molecule has 2 unspecified atom stereocenters. The van der Waals surface area contributed by atoms with Crippen LogP contribution in [0.1, 0.15) is 27.2 Å². The first kappa shape index (κ1) is 14.4. The number of rotatable bonds is 6. The van der Waals surface area contributed by atoms with Gasteiger partial charge in [-0.25, -0.2) is 0 Å². The molecule has 0 aromatic heterocycles. The highest BCUT2D eigenvalue weighted by Crippen LogP contribution is 2.19. The number of carbonyl (C=O) groups is 1. The number of hydrogen-bond donors (Lipinski definition) is 2. The number of hydrogen-bond acceptors (Lipinski definition) is 3. The van der Waals surface area contributed by atoms with E-state index in [1.807, 2.05) is 38.1 Å². The molecule has 100 valence electrons. The van der Waals surface area contributed by atoms with Gasteiger partial charge >= 0.3 is 0 Å². The molecule has 2 N–H and O–H groups in total. The molecule has 4 heteroatoms. The predicted molar refractivity (Wildman–Crippen MR) is 74.0 cm³/mol. The highest BCUT2D eigenvalue weighted by molar-refractivity contribution is 5.83. The average molecular weight is 250 g/mol. The van der Waals surface area contributed by atoms with Crippen molar-refractivity contribution in [3.05, 3.63) is 24.3 Å². The Morgan fingerprint density at radius 3 is 2.72 bits per heavy atom. The van der Waals surface area contributed by atoms with E-state index in [4.69, 9.17) is 4.74 Å². The van der Waals surface area contributed by atoms with Crippen LogP contribution in [0.25, 0.3) is 0 Å². The number of anilines is 1. The highest BCUT2D eigenvalue weighted by atomic mass is 16.5. The number of ether oxygens (including phenoxy) is 1. The van der Waals surface area contributed by atoms with Gasteiger partial charge in [-0.3, -0.25) is 4.79 Å². The van der Waals surface area contributed by atoms with Crippen molar-refractivity contribution < 1.29 is 9.53 Å². The molecular weight excluding hydrogens is 228 g/mol. The molecule has 0 aliphatic rings. The van der Waals surface area contributed by atoms with Crippen LogP contribution in [0.2, 0.25) is 0 Å². The molecule has 2 atom stereocenters. The van der Waals surface area contributed by atoms with Crippen molar-refractivity contribution in [1.29, 1.82) is 0 Å². The average Bonchev–Trinajstić information content (AvgIpc) is 2.37. The second-order valence-corrected chi connectivity index (χ2v) is 4.34. The first-order valence-electron chi connectivity index (χ1n) is 6.31. The van der Waals surface area contributed by atoms with Gasteiger partial charge in [-0.15, -0.1) is 0 Å². The van der Waals surface area contributed by atoms with Crippen molar-refractivity contribution >= 4 is 11.6 Å². The van der Waals surface area contributed by atoms with Crippen LogP contribution in [0.5, 0.6) is 5.75 Å². The number of nitrogens with one attached hydrogen (secondary N) is 2. The van der Waals surface area contributed by atoms with E-state index in [1.54, 1.807) is 7.05 Å².